The molecule has 3 nitrogen and oxygen atoms in total. The molecule has 0 fully saturated rings. The van der Waals surface area contributed by atoms with Crippen LogP contribution in [0.5, 0.6) is 0 Å². The van der Waals surface area contributed by atoms with E-state index in [1.54, 1.807) is 0 Å². The van der Waals surface area contributed by atoms with Crippen LogP contribution in [0.3, 0.4) is 0 Å². The van der Waals surface area contributed by atoms with Crippen LogP contribution in [0, 0.1) is 5.41 Å². The smallest absolute Gasteiger partial charge is 0.395 e. The second kappa shape index (κ2) is 3.43. The molecule has 0 amide bonds. The zero-order valence-electron chi connectivity index (χ0n) is 8.87. The van der Waals surface area contributed by atoms with E-state index in [1.165, 1.54) is 0 Å². The Balaban J connectivity index is 3.00. The van der Waals surface area contributed by atoms with E-state index in [-0.39, 0.29) is 11.1 Å². The van der Waals surface area contributed by atoms with E-state index >= 15 is 0 Å². The van der Waals surface area contributed by atoms with Gasteiger partial charge in [0.1, 0.15) is 0 Å². The van der Waals surface area contributed by atoms with Crippen molar-refractivity contribution in [2.45, 2.75) is 33.4 Å². The Morgan fingerprint density at radius 1 is 1.27 bits per heavy atom. The van der Waals surface area contributed by atoms with Gasteiger partial charge >= 0.3 is 6.18 Å². The molecule has 0 unspecified atom stereocenters. The molecule has 1 rings (SSSR count). The lowest BCUT2D eigenvalue weighted by atomic mass is 9.90. The minimum atomic E-state index is -4.49. The topological polar surface area (TPSA) is 54.7 Å². The zero-order valence-corrected chi connectivity index (χ0v) is 8.87. The lowest BCUT2D eigenvalue weighted by Gasteiger charge is -2.17. The Morgan fingerprint density at radius 2 is 1.80 bits per heavy atom. The largest absolute Gasteiger partial charge is 0.437 e. The van der Waals surface area contributed by atoms with Gasteiger partial charge in [-0.15, -0.1) is 0 Å². The molecule has 0 aliphatic rings. The minimum absolute atomic E-state index is 0.135. The van der Waals surface area contributed by atoms with Gasteiger partial charge in [-0.3, -0.25) is 5.10 Å². The maximum atomic E-state index is 12.3. The molecule has 0 aromatic carbocycles. The molecule has 0 aliphatic carbocycles. The highest BCUT2D eigenvalue weighted by atomic mass is 19.4. The van der Waals surface area contributed by atoms with Crippen LogP contribution < -0.4 is 5.73 Å². The van der Waals surface area contributed by atoms with Crippen LogP contribution in [0.25, 0.3) is 0 Å². The number of hydrogen-bond acceptors (Lipinski definition) is 2. The third kappa shape index (κ3) is 2.87. The van der Waals surface area contributed by atoms with Crippen LogP contribution in [0.15, 0.2) is 0 Å². The van der Waals surface area contributed by atoms with Crippen molar-refractivity contribution in [3.05, 3.63) is 11.4 Å². The van der Waals surface area contributed by atoms with Gasteiger partial charge in [-0.25, -0.2) is 0 Å². The summed E-state index contributed by atoms with van der Waals surface area (Å²) in [7, 11) is 0. The number of aromatic amines is 1. The van der Waals surface area contributed by atoms with Crippen molar-refractivity contribution in [3.8, 4) is 0 Å². The van der Waals surface area contributed by atoms with Gasteiger partial charge in [0.25, 0.3) is 0 Å². The Bertz CT molecular complexity index is 346. The second-order valence-electron chi connectivity index (χ2n) is 4.70. The first-order chi connectivity index (χ1) is 6.61. The highest BCUT2D eigenvalue weighted by Gasteiger charge is 2.37. The summed E-state index contributed by atoms with van der Waals surface area (Å²) in [5, 5.41) is 5.54. The quantitative estimate of drug-likeness (QED) is 0.765. The fraction of sp³-hybridized carbons (Fsp3) is 0.667. The number of hydrogen-bond donors (Lipinski definition) is 2. The summed E-state index contributed by atoms with van der Waals surface area (Å²) >= 11 is 0. The lowest BCUT2D eigenvalue weighted by Crippen LogP contribution is -2.12. The number of anilines is 1. The molecule has 86 valence electrons. The summed E-state index contributed by atoms with van der Waals surface area (Å²) in [6.07, 6.45) is -4.06. The fourth-order valence-corrected chi connectivity index (χ4v) is 1.27. The van der Waals surface area contributed by atoms with Crippen molar-refractivity contribution in [1.29, 1.82) is 0 Å². The molecule has 1 aromatic heterocycles. The number of nitrogens with two attached hydrogens (primary N) is 1. The molecule has 1 aromatic rings. The number of nitrogen functional groups attached to an aromatic ring is 1. The first-order valence-electron chi connectivity index (χ1n) is 4.51. The van der Waals surface area contributed by atoms with Gasteiger partial charge < -0.3 is 5.73 Å². The van der Waals surface area contributed by atoms with Crippen LogP contribution in [0.1, 0.15) is 32.2 Å². The van der Waals surface area contributed by atoms with Crippen LogP contribution in [-0.4, -0.2) is 10.2 Å². The molecule has 0 aliphatic heterocycles. The zero-order chi connectivity index (χ0) is 11.9. The summed E-state index contributed by atoms with van der Waals surface area (Å²) in [5.41, 5.74) is 4.27. The first kappa shape index (κ1) is 11.9. The Labute approximate surface area is 85.9 Å². The second-order valence-corrected chi connectivity index (χ2v) is 4.70. The van der Waals surface area contributed by atoms with Gasteiger partial charge in [0.15, 0.2) is 5.69 Å². The summed E-state index contributed by atoms with van der Waals surface area (Å²) in [5.74, 6) is 0. The summed E-state index contributed by atoms with van der Waals surface area (Å²) in [6, 6.07) is 0. The molecular weight excluding hydrogens is 207 g/mol. The van der Waals surface area contributed by atoms with E-state index in [4.69, 9.17) is 5.73 Å². The van der Waals surface area contributed by atoms with Gasteiger partial charge in [0, 0.05) is 0 Å². The molecule has 0 radical (unpaired) electrons. The van der Waals surface area contributed by atoms with Gasteiger partial charge in [-0.05, 0) is 11.8 Å². The molecule has 0 spiro atoms. The minimum Gasteiger partial charge on any atom is -0.395 e. The van der Waals surface area contributed by atoms with E-state index in [9.17, 15) is 13.2 Å². The van der Waals surface area contributed by atoms with Crippen molar-refractivity contribution in [2.24, 2.45) is 5.41 Å². The number of halogens is 3. The van der Waals surface area contributed by atoms with Crippen LogP contribution >= 0.6 is 0 Å². The molecule has 0 bridgehead atoms. The molecule has 6 heteroatoms. The highest BCUT2D eigenvalue weighted by molar-refractivity contribution is 5.49. The van der Waals surface area contributed by atoms with Crippen molar-refractivity contribution in [2.75, 3.05) is 5.73 Å². The SMILES string of the molecule is CC(C)(C)Cc1[nH]nc(C(F)(F)F)c1N. The lowest BCUT2D eigenvalue weighted by molar-refractivity contribution is -0.140. The third-order valence-electron chi connectivity index (χ3n) is 1.86. The van der Waals surface area contributed by atoms with Crippen molar-refractivity contribution in [3.63, 3.8) is 0 Å². The maximum Gasteiger partial charge on any atom is 0.437 e. The average molecular weight is 221 g/mol. The first-order valence-corrected chi connectivity index (χ1v) is 4.51. The van der Waals surface area contributed by atoms with Gasteiger partial charge in [0.05, 0.1) is 11.4 Å². The standard InChI is InChI=1S/C9H14F3N3/c1-8(2,3)4-5-6(13)7(15-14-5)9(10,11)12/h4,13H2,1-3H3,(H,14,15). The summed E-state index contributed by atoms with van der Waals surface area (Å²) in [4.78, 5) is 0. The van der Waals surface area contributed by atoms with Gasteiger partial charge in [-0.2, -0.15) is 18.3 Å². The van der Waals surface area contributed by atoms with E-state index in [0.29, 0.717) is 12.1 Å². The molecular formula is C9H14F3N3. The van der Waals surface area contributed by atoms with Crippen molar-refractivity contribution >= 4 is 5.69 Å². The summed E-state index contributed by atoms with van der Waals surface area (Å²) < 4.78 is 37.0. The molecule has 15 heavy (non-hydrogen) atoms. The highest BCUT2D eigenvalue weighted by Crippen LogP contribution is 2.34. The molecule has 1 heterocycles. The van der Waals surface area contributed by atoms with E-state index in [1.807, 2.05) is 20.8 Å². The van der Waals surface area contributed by atoms with Crippen molar-refractivity contribution in [1.82, 2.24) is 10.2 Å². The third-order valence-corrected chi connectivity index (χ3v) is 1.86. The number of H-pyrrole nitrogens is 1. The Kier molecular flexibility index (Phi) is 2.71. The average Bonchev–Trinajstić information content (AvgIpc) is 2.27. The van der Waals surface area contributed by atoms with Crippen LogP contribution in [0.2, 0.25) is 0 Å². The maximum absolute atomic E-state index is 12.3. The van der Waals surface area contributed by atoms with Crippen molar-refractivity contribution < 1.29 is 13.2 Å². The number of aromatic nitrogens is 2. The number of rotatable bonds is 1. The van der Waals surface area contributed by atoms with Gasteiger partial charge in [-0.1, -0.05) is 20.8 Å². The fourth-order valence-electron chi connectivity index (χ4n) is 1.27. The predicted molar refractivity (Wildman–Crippen MR) is 51.2 cm³/mol. The number of nitrogens with one attached hydrogen (secondary N) is 1. The Hall–Kier alpha value is -1.20. The van der Waals surface area contributed by atoms with E-state index in [0.717, 1.165) is 0 Å². The van der Waals surface area contributed by atoms with E-state index < -0.39 is 11.9 Å². The predicted octanol–water partition coefficient (Wildman–Crippen LogP) is 2.60. The van der Waals surface area contributed by atoms with E-state index in [2.05, 4.69) is 10.2 Å². The molecule has 0 saturated carbocycles. The normalized spacial score (nSPS) is 13.2. The van der Waals surface area contributed by atoms with Crippen LogP contribution in [-0.2, 0) is 12.6 Å². The summed E-state index contributed by atoms with van der Waals surface area (Å²) in [6.45, 7) is 5.75. The molecule has 0 saturated heterocycles. The van der Waals surface area contributed by atoms with Crippen LogP contribution in [0.4, 0.5) is 18.9 Å². The molecule has 0 atom stereocenters. The Morgan fingerprint density at radius 3 is 2.13 bits per heavy atom. The number of nitrogens with zero attached hydrogens (tertiary/aromatic N) is 1. The molecule has 3 N–H and O–H groups in total. The monoisotopic (exact) mass is 221 g/mol. The number of alkyl halides is 3. The van der Waals surface area contributed by atoms with Gasteiger partial charge in [0.2, 0.25) is 0 Å².